The average Bonchev–Trinajstić information content (AvgIpc) is 2.52. The van der Waals surface area contributed by atoms with Crippen molar-refractivity contribution in [2.75, 3.05) is 0 Å². The van der Waals surface area contributed by atoms with Crippen molar-refractivity contribution < 1.29 is 4.39 Å². The molecule has 0 saturated carbocycles. The van der Waals surface area contributed by atoms with Crippen LogP contribution in [0.15, 0.2) is 53.6 Å². The Kier molecular flexibility index (Phi) is 5.86. The Morgan fingerprint density at radius 2 is 1.86 bits per heavy atom. The van der Waals surface area contributed by atoms with Crippen molar-refractivity contribution in [3.63, 3.8) is 0 Å². The van der Waals surface area contributed by atoms with Crippen LogP contribution < -0.4 is 10.7 Å². The zero-order valence-corrected chi connectivity index (χ0v) is 13.5. The highest BCUT2D eigenvalue weighted by Crippen LogP contribution is 2.15. The van der Waals surface area contributed by atoms with Crippen molar-refractivity contribution in [2.24, 2.45) is 5.10 Å². The molecule has 0 unspecified atom stereocenters. The monoisotopic (exact) mass is 335 g/mol. The molecule has 2 aromatic carbocycles. The van der Waals surface area contributed by atoms with E-state index >= 15 is 0 Å². The molecule has 6 heteroatoms. The predicted molar refractivity (Wildman–Crippen MR) is 92.6 cm³/mol. The van der Waals surface area contributed by atoms with Crippen LogP contribution in [-0.4, -0.2) is 10.8 Å². The zero-order chi connectivity index (χ0) is 15.9. The van der Waals surface area contributed by atoms with E-state index in [1.807, 2.05) is 25.1 Å². The van der Waals surface area contributed by atoms with Crippen LogP contribution in [-0.2, 0) is 6.54 Å². The maximum atomic E-state index is 12.8. The smallest absolute Gasteiger partial charge is 0.187 e. The highest BCUT2D eigenvalue weighted by atomic mass is 35.5. The van der Waals surface area contributed by atoms with Gasteiger partial charge in [0.15, 0.2) is 5.11 Å². The molecule has 22 heavy (non-hydrogen) atoms. The lowest BCUT2D eigenvalue weighted by Gasteiger charge is -2.09. The first-order chi connectivity index (χ1) is 10.6. The van der Waals surface area contributed by atoms with Crippen LogP contribution in [0.5, 0.6) is 0 Å². The Bertz CT molecular complexity index is 686. The minimum Gasteiger partial charge on any atom is -0.357 e. The van der Waals surface area contributed by atoms with E-state index in [9.17, 15) is 4.39 Å². The number of hydrogen-bond donors (Lipinski definition) is 2. The fourth-order valence-corrected chi connectivity index (χ4v) is 2.16. The van der Waals surface area contributed by atoms with E-state index < -0.39 is 0 Å². The summed E-state index contributed by atoms with van der Waals surface area (Å²) in [6.45, 7) is 2.34. The molecule has 0 aromatic heterocycles. The van der Waals surface area contributed by atoms with Gasteiger partial charge in [-0.25, -0.2) is 4.39 Å². The van der Waals surface area contributed by atoms with Gasteiger partial charge < -0.3 is 5.32 Å². The van der Waals surface area contributed by atoms with Crippen LogP contribution in [0.1, 0.15) is 18.1 Å². The highest BCUT2D eigenvalue weighted by Gasteiger charge is 2.03. The molecule has 0 atom stereocenters. The Morgan fingerprint density at radius 3 is 2.55 bits per heavy atom. The molecule has 0 fully saturated rings. The minimum atomic E-state index is -0.260. The van der Waals surface area contributed by atoms with E-state index in [-0.39, 0.29) is 5.82 Å². The van der Waals surface area contributed by atoms with Gasteiger partial charge in [-0.3, -0.25) is 5.43 Å². The molecule has 0 bridgehead atoms. The standard InChI is InChI=1S/C16H15ClFN3S/c1-11(14-4-2-3-5-15(14)17)20-21-16(22)19-10-12-6-8-13(18)9-7-12/h2-9H,10H2,1H3,(H2,19,21,22)/b20-11-. The first-order valence-electron chi connectivity index (χ1n) is 6.64. The number of nitrogens with one attached hydrogen (secondary N) is 2. The maximum Gasteiger partial charge on any atom is 0.187 e. The summed E-state index contributed by atoms with van der Waals surface area (Å²) >= 11 is 11.2. The van der Waals surface area contributed by atoms with Gasteiger partial charge in [0.1, 0.15) is 5.82 Å². The lowest BCUT2D eigenvalue weighted by molar-refractivity contribution is 0.626. The molecule has 114 valence electrons. The van der Waals surface area contributed by atoms with Crippen molar-refractivity contribution >= 4 is 34.6 Å². The van der Waals surface area contributed by atoms with E-state index in [4.69, 9.17) is 23.8 Å². The summed E-state index contributed by atoms with van der Waals surface area (Å²) in [4.78, 5) is 0. The molecule has 0 aliphatic carbocycles. The minimum absolute atomic E-state index is 0.260. The molecule has 2 N–H and O–H groups in total. The largest absolute Gasteiger partial charge is 0.357 e. The quantitative estimate of drug-likeness (QED) is 0.506. The second kappa shape index (κ2) is 7.87. The normalized spacial score (nSPS) is 11.1. The molecule has 0 aliphatic rings. The molecule has 0 aliphatic heterocycles. The molecule has 2 aromatic rings. The number of thiocarbonyl (C=S) groups is 1. The van der Waals surface area contributed by atoms with Crippen LogP contribution in [0.3, 0.4) is 0 Å². The second-order valence-electron chi connectivity index (χ2n) is 4.60. The van der Waals surface area contributed by atoms with Crippen LogP contribution in [0.4, 0.5) is 4.39 Å². The predicted octanol–water partition coefficient (Wildman–Crippen LogP) is 3.87. The molecule has 0 spiro atoms. The maximum absolute atomic E-state index is 12.8. The van der Waals surface area contributed by atoms with Crippen molar-refractivity contribution in [2.45, 2.75) is 13.5 Å². The summed E-state index contributed by atoms with van der Waals surface area (Å²) in [5, 5.41) is 8.22. The Balaban J connectivity index is 1.88. The van der Waals surface area contributed by atoms with E-state index in [2.05, 4.69) is 15.8 Å². The number of hydrogen-bond acceptors (Lipinski definition) is 2. The van der Waals surface area contributed by atoms with E-state index in [0.717, 1.165) is 16.8 Å². The van der Waals surface area contributed by atoms with Gasteiger partial charge in [0.25, 0.3) is 0 Å². The Morgan fingerprint density at radius 1 is 1.18 bits per heavy atom. The third kappa shape index (κ3) is 4.79. The third-order valence-corrected chi connectivity index (χ3v) is 3.52. The fourth-order valence-electron chi connectivity index (χ4n) is 1.77. The summed E-state index contributed by atoms with van der Waals surface area (Å²) in [5.74, 6) is -0.260. The molecule has 0 heterocycles. The van der Waals surface area contributed by atoms with Gasteiger partial charge in [0, 0.05) is 17.1 Å². The van der Waals surface area contributed by atoms with Gasteiger partial charge in [-0.15, -0.1) is 0 Å². The van der Waals surface area contributed by atoms with Gasteiger partial charge >= 0.3 is 0 Å². The summed E-state index contributed by atoms with van der Waals surface area (Å²) in [6.07, 6.45) is 0. The Labute approximate surface area is 139 Å². The van der Waals surface area contributed by atoms with E-state index in [1.54, 1.807) is 18.2 Å². The van der Waals surface area contributed by atoms with E-state index in [1.165, 1.54) is 12.1 Å². The molecule has 3 nitrogen and oxygen atoms in total. The zero-order valence-electron chi connectivity index (χ0n) is 11.9. The lowest BCUT2D eigenvalue weighted by atomic mass is 10.1. The molecule has 0 saturated heterocycles. The van der Waals surface area contributed by atoms with Crippen molar-refractivity contribution in [3.8, 4) is 0 Å². The molecular formula is C16H15ClFN3S. The number of hydrazone groups is 1. The molecular weight excluding hydrogens is 321 g/mol. The van der Waals surface area contributed by atoms with Gasteiger partial charge in [-0.1, -0.05) is 41.9 Å². The second-order valence-corrected chi connectivity index (χ2v) is 5.41. The van der Waals surface area contributed by atoms with Gasteiger partial charge in [0.05, 0.1) is 5.71 Å². The summed E-state index contributed by atoms with van der Waals surface area (Å²) < 4.78 is 12.8. The van der Waals surface area contributed by atoms with E-state index in [0.29, 0.717) is 16.7 Å². The number of benzene rings is 2. The fraction of sp³-hybridized carbons (Fsp3) is 0.125. The number of rotatable bonds is 4. The summed E-state index contributed by atoms with van der Waals surface area (Å²) in [5.41, 5.74) is 5.27. The van der Waals surface area contributed by atoms with Gasteiger partial charge in [-0.05, 0) is 42.9 Å². The topological polar surface area (TPSA) is 36.4 Å². The van der Waals surface area contributed by atoms with Crippen LogP contribution in [0, 0.1) is 5.82 Å². The summed E-state index contributed by atoms with van der Waals surface area (Å²) in [7, 11) is 0. The SMILES string of the molecule is C/C(=N/NC(=S)NCc1ccc(F)cc1)c1ccccc1Cl. The molecule has 2 rings (SSSR count). The molecule has 0 radical (unpaired) electrons. The van der Waals surface area contributed by atoms with Gasteiger partial charge in [-0.2, -0.15) is 5.10 Å². The third-order valence-electron chi connectivity index (χ3n) is 2.96. The first kappa shape index (κ1) is 16.4. The number of nitrogens with zero attached hydrogens (tertiary/aromatic N) is 1. The van der Waals surface area contributed by atoms with Crippen LogP contribution >= 0.6 is 23.8 Å². The highest BCUT2D eigenvalue weighted by molar-refractivity contribution is 7.80. The van der Waals surface area contributed by atoms with Crippen molar-refractivity contribution in [1.29, 1.82) is 0 Å². The first-order valence-corrected chi connectivity index (χ1v) is 7.42. The lowest BCUT2D eigenvalue weighted by Crippen LogP contribution is -2.32. The van der Waals surface area contributed by atoms with Gasteiger partial charge in [0.2, 0.25) is 0 Å². The van der Waals surface area contributed by atoms with Crippen molar-refractivity contribution in [1.82, 2.24) is 10.7 Å². The average molecular weight is 336 g/mol. The van der Waals surface area contributed by atoms with Crippen molar-refractivity contribution in [3.05, 3.63) is 70.5 Å². The number of halogens is 2. The summed E-state index contributed by atoms with van der Waals surface area (Å²) in [6, 6.07) is 13.7. The Hall–Kier alpha value is -1.98. The van der Waals surface area contributed by atoms with Crippen LogP contribution in [0.25, 0.3) is 0 Å². The molecule has 0 amide bonds. The van der Waals surface area contributed by atoms with Crippen LogP contribution in [0.2, 0.25) is 5.02 Å².